The molecular formula is C22H33NO6S. The zero-order chi connectivity index (χ0) is 22.4. The summed E-state index contributed by atoms with van der Waals surface area (Å²) in [6, 6.07) is 10.3. The molecule has 7 nitrogen and oxygen atoms in total. The van der Waals surface area contributed by atoms with Crippen LogP contribution in [0.3, 0.4) is 0 Å². The van der Waals surface area contributed by atoms with Crippen LogP contribution in [0.25, 0.3) is 0 Å². The van der Waals surface area contributed by atoms with Gasteiger partial charge in [0.15, 0.2) is 0 Å². The second kappa shape index (κ2) is 14.0. The van der Waals surface area contributed by atoms with E-state index in [2.05, 4.69) is 30.9 Å². The minimum Gasteiger partial charge on any atom is -0.473 e. The van der Waals surface area contributed by atoms with Gasteiger partial charge in [0.25, 0.3) is 0 Å². The molecule has 0 radical (unpaired) electrons. The molecule has 1 aliphatic rings. The zero-order valence-corrected chi connectivity index (χ0v) is 18.7. The number of hydrogen-bond donors (Lipinski definition) is 2. The number of esters is 1. The third-order valence-corrected chi connectivity index (χ3v) is 6.49. The summed E-state index contributed by atoms with van der Waals surface area (Å²) in [6.07, 6.45) is 6.25. The lowest BCUT2D eigenvalue weighted by Crippen LogP contribution is -2.39. The Balaban J connectivity index is 0.000000656. The maximum atomic E-state index is 12.9. The van der Waals surface area contributed by atoms with Gasteiger partial charge in [-0.1, -0.05) is 51.3 Å². The van der Waals surface area contributed by atoms with Gasteiger partial charge in [-0.3, -0.25) is 4.79 Å². The number of ether oxygens (including phenoxy) is 1. The number of carboxylic acid groups (broad SMARTS) is 2. The third kappa shape index (κ3) is 9.17. The Labute approximate surface area is 182 Å². The normalized spacial score (nSPS) is 15.0. The fourth-order valence-electron chi connectivity index (χ4n) is 3.31. The van der Waals surface area contributed by atoms with Crippen LogP contribution in [0.4, 0.5) is 0 Å². The van der Waals surface area contributed by atoms with Gasteiger partial charge < -0.3 is 19.8 Å². The molecule has 1 saturated carbocycles. The lowest BCUT2D eigenvalue weighted by molar-refractivity contribution is -0.159. The van der Waals surface area contributed by atoms with Crippen LogP contribution in [0.5, 0.6) is 0 Å². The van der Waals surface area contributed by atoms with Crippen molar-refractivity contribution in [2.75, 3.05) is 26.2 Å². The van der Waals surface area contributed by atoms with E-state index in [0.717, 1.165) is 51.7 Å². The number of nitrogens with zero attached hydrogens (tertiary/aromatic N) is 1. The highest BCUT2D eigenvalue weighted by molar-refractivity contribution is 8.01. The average Bonchev–Trinajstić information content (AvgIpc) is 2.75. The predicted molar refractivity (Wildman–Crippen MR) is 117 cm³/mol. The molecule has 0 unspecified atom stereocenters. The number of rotatable bonds is 9. The van der Waals surface area contributed by atoms with Crippen LogP contribution < -0.4 is 0 Å². The molecule has 1 aliphatic carbocycles. The van der Waals surface area contributed by atoms with Crippen molar-refractivity contribution in [1.82, 2.24) is 4.90 Å². The first kappa shape index (κ1) is 26.0. The Kier molecular flexibility index (Phi) is 12.2. The van der Waals surface area contributed by atoms with Crippen LogP contribution in [0.15, 0.2) is 35.2 Å². The van der Waals surface area contributed by atoms with E-state index in [1.54, 1.807) is 11.8 Å². The van der Waals surface area contributed by atoms with E-state index >= 15 is 0 Å². The molecular weight excluding hydrogens is 406 g/mol. The Hall–Kier alpha value is -2.06. The highest BCUT2D eigenvalue weighted by Gasteiger charge is 2.42. The van der Waals surface area contributed by atoms with Crippen molar-refractivity contribution in [1.29, 1.82) is 0 Å². The molecule has 30 heavy (non-hydrogen) atoms. The number of hydrogen-bond acceptors (Lipinski definition) is 6. The molecule has 0 heterocycles. The molecule has 8 heteroatoms. The maximum absolute atomic E-state index is 12.9. The summed E-state index contributed by atoms with van der Waals surface area (Å²) >= 11 is 1.71. The Morgan fingerprint density at radius 3 is 2.07 bits per heavy atom. The van der Waals surface area contributed by atoms with Crippen molar-refractivity contribution in [2.45, 2.75) is 62.0 Å². The molecule has 2 rings (SSSR count). The van der Waals surface area contributed by atoms with Crippen LogP contribution in [0, 0.1) is 0 Å². The third-order valence-electron chi connectivity index (χ3n) is 5.02. The van der Waals surface area contributed by atoms with Gasteiger partial charge >= 0.3 is 17.9 Å². The van der Waals surface area contributed by atoms with Crippen LogP contribution in [-0.4, -0.2) is 64.0 Å². The van der Waals surface area contributed by atoms with Crippen molar-refractivity contribution in [2.24, 2.45) is 0 Å². The lowest BCUT2D eigenvalue weighted by Gasteiger charge is -2.34. The zero-order valence-electron chi connectivity index (χ0n) is 17.8. The molecule has 168 valence electrons. The van der Waals surface area contributed by atoms with Gasteiger partial charge in [0.05, 0.1) is 6.61 Å². The fraction of sp³-hybridized carbons (Fsp3) is 0.591. The second-order valence-corrected chi connectivity index (χ2v) is 8.55. The largest absolute Gasteiger partial charge is 0.473 e. The molecule has 1 aromatic carbocycles. The molecule has 0 amide bonds. The number of thioether (sulfide) groups is 1. The molecule has 0 spiro atoms. The van der Waals surface area contributed by atoms with Crippen molar-refractivity contribution < 1.29 is 29.3 Å². The lowest BCUT2D eigenvalue weighted by atomic mass is 9.88. The summed E-state index contributed by atoms with van der Waals surface area (Å²) in [5, 5.41) is 14.8. The van der Waals surface area contributed by atoms with Crippen LogP contribution in [-0.2, 0) is 19.1 Å². The van der Waals surface area contributed by atoms with E-state index in [0.29, 0.717) is 6.61 Å². The van der Waals surface area contributed by atoms with Gasteiger partial charge in [-0.2, -0.15) is 0 Å². The minimum absolute atomic E-state index is 0.00407. The number of aliphatic carboxylic acids is 2. The highest BCUT2D eigenvalue weighted by atomic mass is 32.2. The Morgan fingerprint density at radius 2 is 1.57 bits per heavy atom. The van der Waals surface area contributed by atoms with Crippen molar-refractivity contribution in [3.05, 3.63) is 30.3 Å². The van der Waals surface area contributed by atoms with Crippen LogP contribution in [0.2, 0.25) is 0 Å². The highest BCUT2D eigenvalue weighted by Crippen LogP contribution is 2.44. The van der Waals surface area contributed by atoms with E-state index in [9.17, 15) is 4.79 Å². The van der Waals surface area contributed by atoms with Crippen LogP contribution >= 0.6 is 11.8 Å². The summed E-state index contributed by atoms with van der Waals surface area (Å²) < 4.78 is 5.33. The standard InChI is InChI=1S/C20H31NO2S.C2H2O4/c1-3-21(4-2)16-11-17-23-19(22)20(14-9-6-10-15-20)24-18-12-7-5-8-13-18;3-1(4)2(5)6/h5,7-8,12-13H,3-4,6,9-11,14-17H2,1-2H3;(H,3,4)(H,5,6). The summed E-state index contributed by atoms with van der Waals surface area (Å²) in [5.41, 5.74) is 0. The molecule has 0 saturated heterocycles. The van der Waals surface area contributed by atoms with Gasteiger partial charge in [-0.25, -0.2) is 9.59 Å². The summed E-state index contributed by atoms with van der Waals surface area (Å²) in [5.74, 6) is -3.65. The number of carbonyl (C=O) groups is 3. The average molecular weight is 440 g/mol. The first-order valence-corrected chi connectivity index (χ1v) is 11.3. The van der Waals surface area contributed by atoms with E-state index in [-0.39, 0.29) is 10.7 Å². The van der Waals surface area contributed by atoms with Gasteiger partial charge in [-0.05, 0) is 44.5 Å². The molecule has 0 atom stereocenters. The van der Waals surface area contributed by atoms with E-state index in [1.807, 2.05) is 18.2 Å². The smallest absolute Gasteiger partial charge is 0.414 e. The number of carbonyl (C=O) groups excluding carboxylic acids is 1. The van der Waals surface area contributed by atoms with Gasteiger partial charge in [0.2, 0.25) is 0 Å². The molecule has 2 N–H and O–H groups in total. The van der Waals surface area contributed by atoms with E-state index in [4.69, 9.17) is 24.5 Å². The van der Waals surface area contributed by atoms with Crippen molar-refractivity contribution in [3.63, 3.8) is 0 Å². The van der Waals surface area contributed by atoms with Gasteiger partial charge in [0.1, 0.15) is 4.75 Å². The monoisotopic (exact) mass is 439 g/mol. The molecule has 0 bridgehead atoms. The molecule has 1 fully saturated rings. The fourth-order valence-corrected chi connectivity index (χ4v) is 4.69. The Bertz CT molecular complexity index is 645. The second-order valence-electron chi connectivity index (χ2n) is 7.10. The summed E-state index contributed by atoms with van der Waals surface area (Å²) in [6.45, 7) is 7.98. The summed E-state index contributed by atoms with van der Waals surface area (Å²) in [7, 11) is 0. The maximum Gasteiger partial charge on any atom is 0.414 e. The Morgan fingerprint density at radius 1 is 1.00 bits per heavy atom. The van der Waals surface area contributed by atoms with Crippen molar-refractivity contribution in [3.8, 4) is 0 Å². The van der Waals surface area contributed by atoms with Gasteiger partial charge in [-0.15, -0.1) is 11.8 Å². The summed E-state index contributed by atoms with van der Waals surface area (Å²) in [4.78, 5) is 34.6. The number of benzene rings is 1. The minimum atomic E-state index is -1.82. The first-order valence-electron chi connectivity index (χ1n) is 10.4. The molecule has 0 aromatic heterocycles. The van der Waals surface area contributed by atoms with Crippen LogP contribution in [0.1, 0.15) is 52.4 Å². The first-order chi connectivity index (χ1) is 14.3. The topological polar surface area (TPSA) is 104 Å². The predicted octanol–water partition coefficient (Wildman–Crippen LogP) is 3.91. The van der Waals surface area contributed by atoms with Gasteiger partial charge in [0, 0.05) is 11.4 Å². The van der Waals surface area contributed by atoms with Crippen molar-refractivity contribution >= 4 is 29.7 Å². The van der Waals surface area contributed by atoms with E-state index in [1.165, 1.54) is 11.3 Å². The van der Waals surface area contributed by atoms with E-state index < -0.39 is 11.9 Å². The number of carboxylic acids is 2. The SMILES string of the molecule is CCN(CC)CCCOC(=O)C1(Sc2ccccc2)CCCCC1.O=C(O)C(=O)O. The molecule has 1 aromatic rings. The molecule has 0 aliphatic heterocycles. The quantitative estimate of drug-likeness (QED) is 0.339.